The van der Waals surface area contributed by atoms with Gasteiger partial charge in [0.15, 0.2) is 0 Å². The third-order valence-corrected chi connectivity index (χ3v) is 4.12. The fourth-order valence-corrected chi connectivity index (χ4v) is 2.83. The third-order valence-electron chi connectivity index (χ3n) is 3.87. The van der Waals surface area contributed by atoms with Gasteiger partial charge in [-0.1, -0.05) is 23.7 Å². The highest BCUT2D eigenvalue weighted by molar-refractivity contribution is 6.30. The number of rotatable bonds is 3. The second kappa shape index (κ2) is 6.58. The quantitative estimate of drug-likeness (QED) is 0.503. The first-order valence-corrected chi connectivity index (χ1v) is 8.27. The SMILES string of the molecule is O=c1cc(Nc2nc3ccccc3c(=O)n2-c2ccc(Cl)cc2)[nH]c(=O)[nH]1. The van der Waals surface area contributed by atoms with Crippen molar-refractivity contribution in [2.75, 3.05) is 5.32 Å². The van der Waals surface area contributed by atoms with Crippen LogP contribution in [0.1, 0.15) is 0 Å². The number of H-pyrrole nitrogens is 2. The molecule has 0 radical (unpaired) electrons. The molecule has 4 aromatic rings. The van der Waals surface area contributed by atoms with E-state index in [4.69, 9.17) is 11.6 Å². The summed E-state index contributed by atoms with van der Waals surface area (Å²) in [6, 6.07) is 14.7. The molecule has 2 heterocycles. The summed E-state index contributed by atoms with van der Waals surface area (Å²) in [5.41, 5.74) is -0.564. The molecule has 2 aromatic heterocycles. The minimum atomic E-state index is -0.675. The van der Waals surface area contributed by atoms with Crippen molar-refractivity contribution in [3.8, 4) is 5.69 Å². The van der Waals surface area contributed by atoms with Gasteiger partial charge in [0, 0.05) is 11.1 Å². The highest BCUT2D eigenvalue weighted by Crippen LogP contribution is 2.19. The molecule has 2 aromatic carbocycles. The molecule has 0 saturated heterocycles. The normalized spacial score (nSPS) is 10.9. The molecule has 0 aliphatic rings. The van der Waals surface area contributed by atoms with Crippen LogP contribution in [0, 0.1) is 0 Å². The Morgan fingerprint density at radius 2 is 1.70 bits per heavy atom. The first-order valence-electron chi connectivity index (χ1n) is 7.90. The highest BCUT2D eigenvalue weighted by Gasteiger charge is 2.13. The second-order valence-corrected chi connectivity index (χ2v) is 6.13. The summed E-state index contributed by atoms with van der Waals surface area (Å²) in [6.45, 7) is 0. The van der Waals surface area contributed by atoms with E-state index in [1.165, 1.54) is 4.57 Å². The number of aromatic nitrogens is 4. The van der Waals surface area contributed by atoms with Crippen LogP contribution in [-0.4, -0.2) is 19.5 Å². The maximum absolute atomic E-state index is 13.1. The molecular weight excluding hydrogens is 370 g/mol. The molecule has 134 valence electrons. The summed E-state index contributed by atoms with van der Waals surface area (Å²) < 4.78 is 1.35. The third kappa shape index (κ3) is 3.25. The zero-order chi connectivity index (χ0) is 19.0. The number of benzene rings is 2. The summed E-state index contributed by atoms with van der Waals surface area (Å²) in [5, 5.41) is 3.79. The van der Waals surface area contributed by atoms with Crippen LogP contribution in [0.15, 0.2) is 69.0 Å². The molecule has 0 unspecified atom stereocenters. The highest BCUT2D eigenvalue weighted by atomic mass is 35.5. The van der Waals surface area contributed by atoms with Crippen molar-refractivity contribution >= 4 is 34.3 Å². The summed E-state index contributed by atoms with van der Waals surface area (Å²) in [5.74, 6) is 0.246. The molecule has 0 atom stereocenters. The number of para-hydroxylation sites is 1. The van der Waals surface area contributed by atoms with E-state index in [-0.39, 0.29) is 17.3 Å². The van der Waals surface area contributed by atoms with Gasteiger partial charge in [-0.25, -0.2) is 14.3 Å². The lowest BCUT2D eigenvalue weighted by Gasteiger charge is -2.14. The van der Waals surface area contributed by atoms with Gasteiger partial charge in [-0.3, -0.25) is 19.6 Å². The Hall–Kier alpha value is -3.65. The van der Waals surface area contributed by atoms with E-state index in [2.05, 4.69) is 20.3 Å². The van der Waals surface area contributed by atoms with Crippen LogP contribution in [0.25, 0.3) is 16.6 Å². The van der Waals surface area contributed by atoms with E-state index in [0.29, 0.717) is 21.6 Å². The fourth-order valence-electron chi connectivity index (χ4n) is 2.70. The zero-order valence-corrected chi connectivity index (χ0v) is 14.4. The predicted molar refractivity (Wildman–Crippen MR) is 103 cm³/mol. The van der Waals surface area contributed by atoms with E-state index in [1.54, 1.807) is 48.5 Å². The van der Waals surface area contributed by atoms with Crippen LogP contribution in [0.3, 0.4) is 0 Å². The molecule has 0 fully saturated rings. The van der Waals surface area contributed by atoms with Gasteiger partial charge in [-0.15, -0.1) is 0 Å². The topological polar surface area (TPSA) is 113 Å². The number of nitrogens with one attached hydrogen (secondary N) is 3. The number of hydrogen-bond acceptors (Lipinski definition) is 5. The number of halogens is 1. The molecular formula is C18H12ClN5O3. The van der Waals surface area contributed by atoms with Gasteiger partial charge in [0.05, 0.1) is 16.6 Å². The standard InChI is InChI=1S/C18H12ClN5O3/c19-10-5-7-11(8-6-10)24-16(26)12-3-1-2-4-13(12)20-17(24)21-14-9-15(25)23-18(27)22-14/h1-9H,(H3,20,21,22,23,25,27). The van der Waals surface area contributed by atoms with Gasteiger partial charge in [-0.05, 0) is 36.4 Å². The molecule has 8 nitrogen and oxygen atoms in total. The smallest absolute Gasteiger partial charge is 0.311 e. The van der Waals surface area contributed by atoms with Crippen molar-refractivity contribution in [2.45, 2.75) is 0 Å². The lowest BCUT2D eigenvalue weighted by molar-refractivity contribution is 0.962. The molecule has 27 heavy (non-hydrogen) atoms. The van der Waals surface area contributed by atoms with Crippen LogP contribution in [0.5, 0.6) is 0 Å². The Morgan fingerprint density at radius 3 is 2.44 bits per heavy atom. The van der Waals surface area contributed by atoms with E-state index in [9.17, 15) is 14.4 Å². The molecule has 0 bridgehead atoms. The average Bonchev–Trinajstić information content (AvgIpc) is 2.62. The van der Waals surface area contributed by atoms with Gasteiger partial charge < -0.3 is 5.32 Å². The van der Waals surface area contributed by atoms with Crippen LogP contribution < -0.4 is 22.1 Å². The minimum absolute atomic E-state index is 0.105. The van der Waals surface area contributed by atoms with E-state index >= 15 is 0 Å². The van der Waals surface area contributed by atoms with Crippen LogP contribution in [-0.2, 0) is 0 Å². The van der Waals surface area contributed by atoms with Crippen molar-refractivity contribution < 1.29 is 0 Å². The molecule has 0 spiro atoms. The number of hydrogen-bond donors (Lipinski definition) is 3. The van der Waals surface area contributed by atoms with Gasteiger partial charge in [-0.2, -0.15) is 0 Å². The zero-order valence-electron chi connectivity index (χ0n) is 13.7. The Kier molecular flexibility index (Phi) is 4.09. The van der Waals surface area contributed by atoms with Gasteiger partial charge in [0.2, 0.25) is 5.95 Å². The lowest BCUT2D eigenvalue weighted by atomic mass is 10.2. The molecule has 0 aliphatic carbocycles. The molecule has 0 amide bonds. The number of fused-ring (bicyclic) bond motifs is 1. The van der Waals surface area contributed by atoms with Gasteiger partial charge in [0.1, 0.15) is 5.82 Å². The average molecular weight is 382 g/mol. The minimum Gasteiger partial charge on any atom is -0.311 e. The van der Waals surface area contributed by atoms with Crippen molar-refractivity contribution in [2.24, 2.45) is 0 Å². The Morgan fingerprint density at radius 1 is 0.963 bits per heavy atom. The summed E-state index contributed by atoms with van der Waals surface area (Å²) in [7, 11) is 0. The van der Waals surface area contributed by atoms with Gasteiger partial charge in [0.25, 0.3) is 11.1 Å². The number of aromatic amines is 2. The molecule has 9 heteroatoms. The molecule has 0 aliphatic heterocycles. The van der Waals surface area contributed by atoms with E-state index in [1.807, 2.05) is 0 Å². The number of nitrogens with zero attached hydrogens (tertiary/aromatic N) is 2. The molecule has 0 saturated carbocycles. The Bertz CT molecular complexity index is 1290. The Labute approximate surface area is 156 Å². The van der Waals surface area contributed by atoms with Crippen LogP contribution in [0.4, 0.5) is 11.8 Å². The number of anilines is 2. The fraction of sp³-hybridized carbons (Fsp3) is 0. The first-order chi connectivity index (χ1) is 13.0. The summed E-state index contributed by atoms with van der Waals surface area (Å²) in [4.78, 5) is 45.1. The maximum Gasteiger partial charge on any atom is 0.327 e. The monoisotopic (exact) mass is 381 g/mol. The Balaban J connectivity index is 1.98. The second-order valence-electron chi connectivity index (χ2n) is 5.70. The van der Waals surface area contributed by atoms with Gasteiger partial charge >= 0.3 is 5.69 Å². The van der Waals surface area contributed by atoms with Crippen LogP contribution in [0.2, 0.25) is 5.02 Å². The largest absolute Gasteiger partial charge is 0.327 e. The summed E-state index contributed by atoms with van der Waals surface area (Å²) >= 11 is 5.94. The van der Waals surface area contributed by atoms with Crippen molar-refractivity contribution in [3.05, 3.63) is 90.8 Å². The predicted octanol–water partition coefficient (Wildman–Crippen LogP) is 2.16. The van der Waals surface area contributed by atoms with Crippen molar-refractivity contribution in [1.82, 2.24) is 19.5 Å². The molecule has 4 rings (SSSR count). The van der Waals surface area contributed by atoms with Crippen molar-refractivity contribution in [1.29, 1.82) is 0 Å². The van der Waals surface area contributed by atoms with E-state index < -0.39 is 11.2 Å². The lowest BCUT2D eigenvalue weighted by Crippen LogP contribution is -2.25. The van der Waals surface area contributed by atoms with E-state index in [0.717, 1.165) is 6.07 Å². The summed E-state index contributed by atoms with van der Waals surface area (Å²) in [6.07, 6.45) is 0. The first kappa shape index (κ1) is 16.8. The van der Waals surface area contributed by atoms with Crippen LogP contribution >= 0.6 is 11.6 Å². The molecule has 3 N–H and O–H groups in total. The van der Waals surface area contributed by atoms with Crippen molar-refractivity contribution in [3.63, 3.8) is 0 Å². The maximum atomic E-state index is 13.1.